The van der Waals surface area contributed by atoms with Gasteiger partial charge in [-0.15, -0.1) is 0 Å². The normalized spacial score (nSPS) is 14.1. The van der Waals surface area contributed by atoms with E-state index in [0.717, 1.165) is 6.42 Å². The predicted octanol–water partition coefficient (Wildman–Crippen LogP) is 2.58. The molecule has 0 aromatic heterocycles. The standard InChI is InChI=1S/C9H20O/c1-4-5-6-7-9(10)8(2)3/h8-10H,4-7H2,1-3H3/t9-/m1/s1. The maximum Gasteiger partial charge on any atom is 0.0563 e. The van der Waals surface area contributed by atoms with Crippen molar-refractivity contribution in [2.24, 2.45) is 5.92 Å². The molecule has 1 nitrogen and oxygen atoms in total. The summed E-state index contributed by atoms with van der Waals surface area (Å²) < 4.78 is 0. The molecule has 1 atom stereocenters. The molecule has 10 heavy (non-hydrogen) atoms. The molecule has 0 saturated carbocycles. The Hall–Kier alpha value is -0.0400. The zero-order chi connectivity index (χ0) is 7.98. The highest BCUT2D eigenvalue weighted by Crippen LogP contribution is 2.10. The van der Waals surface area contributed by atoms with Crippen LogP contribution in [0.5, 0.6) is 0 Å². The molecule has 0 radical (unpaired) electrons. The van der Waals surface area contributed by atoms with Crippen LogP contribution in [0.1, 0.15) is 46.5 Å². The first-order valence-electron chi connectivity index (χ1n) is 4.36. The summed E-state index contributed by atoms with van der Waals surface area (Å²) in [7, 11) is 0. The first-order valence-corrected chi connectivity index (χ1v) is 4.36. The van der Waals surface area contributed by atoms with Gasteiger partial charge in [0, 0.05) is 0 Å². The van der Waals surface area contributed by atoms with E-state index in [0.29, 0.717) is 5.92 Å². The lowest BCUT2D eigenvalue weighted by atomic mass is 10.0. The molecule has 0 heterocycles. The van der Waals surface area contributed by atoms with Gasteiger partial charge in [-0.1, -0.05) is 40.0 Å². The molecule has 0 aromatic rings. The Balaban J connectivity index is 3.13. The molecule has 0 spiro atoms. The third kappa shape index (κ3) is 4.80. The highest BCUT2D eigenvalue weighted by molar-refractivity contribution is 4.58. The summed E-state index contributed by atoms with van der Waals surface area (Å²) in [5, 5.41) is 9.35. The van der Waals surface area contributed by atoms with Crippen molar-refractivity contribution >= 4 is 0 Å². The van der Waals surface area contributed by atoms with Gasteiger partial charge < -0.3 is 5.11 Å². The Kier molecular flexibility index (Phi) is 5.70. The molecule has 0 saturated heterocycles. The van der Waals surface area contributed by atoms with E-state index in [1.54, 1.807) is 0 Å². The van der Waals surface area contributed by atoms with Gasteiger partial charge in [0.25, 0.3) is 0 Å². The van der Waals surface area contributed by atoms with Gasteiger partial charge in [-0.3, -0.25) is 0 Å². The molecule has 0 bridgehead atoms. The van der Waals surface area contributed by atoms with Gasteiger partial charge in [0.15, 0.2) is 0 Å². The third-order valence-electron chi connectivity index (χ3n) is 1.87. The average molecular weight is 144 g/mol. The van der Waals surface area contributed by atoms with Gasteiger partial charge in [0.05, 0.1) is 6.10 Å². The first kappa shape index (κ1) is 9.96. The first-order chi connectivity index (χ1) is 4.68. The maximum absolute atomic E-state index is 9.35. The molecule has 0 rings (SSSR count). The fourth-order valence-electron chi connectivity index (χ4n) is 0.937. The topological polar surface area (TPSA) is 20.2 Å². The van der Waals surface area contributed by atoms with E-state index in [-0.39, 0.29) is 6.10 Å². The molecular formula is C9H20O. The summed E-state index contributed by atoms with van der Waals surface area (Å²) in [5.74, 6) is 0.428. The van der Waals surface area contributed by atoms with Gasteiger partial charge >= 0.3 is 0 Å². The van der Waals surface area contributed by atoms with Crippen LogP contribution in [0.2, 0.25) is 0 Å². The van der Waals surface area contributed by atoms with Crippen LogP contribution < -0.4 is 0 Å². The summed E-state index contributed by atoms with van der Waals surface area (Å²) in [6.07, 6.45) is 4.57. The molecule has 0 aliphatic rings. The van der Waals surface area contributed by atoms with Crippen molar-refractivity contribution in [3.8, 4) is 0 Å². The van der Waals surface area contributed by atoms with Crippen LogP contribution in [-0.2, 0) is 0 Å². The van der Waals surface area contributed by atoms with Crippen LogP contribution in [-0.4, -0.2) is 11.2 Å². The quantitative estimate of drug-likeness (QED) is 0.588. The SMILES string of the molecule is CCCCC[C@@H](O)C(C)C. The lowest BCUT2D eigenvalue weighted by Crippen LogP contribution is -2.13. The van der Waals surface area contributed by atoms with Crippen LogP contribution in [0, 0.1) is 5.92 Å². The lowest BCUT2D eigenvalue weighted by molar-refractivity contribution is 0.113. The number of hydrogen-bond donors (Lipinski definition) is 1. The Morgan fingerprint density at radius 2 is 1.80 bits per heavy atom. The minimum atomic E-state index is -0.0773. The van der Waals surface area contributed by atoms with E-state index in [4.69, 9.17) is 0 Å². The van der Waals surface area contributed by atoms with Gasteiger partial charge in [-0.2, -0.15) is 0 Å². The van der Waals surface area contributed by atoms with Crippen molar-refractivity contribution in [1.82, 2.24) is 0 Å². The summed E-state index contributed by atoms with van der Waals surface area (Å²) >= 11 is 0. The summed E-state index contributed by atoms with van der Waals surface area (Å²) in [5.41, 5.74) is 0. The summed E-state index contributed by atoms with van der Waals surface area (Å²) in [6, 6.07) is 0. The van der Waals surface area contributed by atoms with Gasteiger partial charge in [-0.25, -0.2) is 0 Å². The van der Waals surface area contributed by atoms with Crippen LogP contribution in [0.25, 0.3) is 0 Å². The van der Waals surface area contributed by atoms with Crippen molar-refractivity contribution in [2.75, 3.05) is 0 Å². The second-order valence-corrected chi connectivity index (χ2v) is 3.31. The largest absolute Gasteiger partial charge is 0.393 e. The van der Waals surface area contributed by atoms with Crippen molar-refractivity contribution in [3.05, 3.63) is 0 Å². The minimum absolute atomic E-state index is 0.0773. The molecule has 1 N–H and O–H groups in total. The maximum atomic E-state index is 9.35. The minimum Gasteiger partial charge on any atom is -0.393 e. The molecule has 1 heteroatoms. The highest BCUT2D eigenvalue weighted by Gasteiger charge is 2.06. The Morgan fingerprint density at radius 1 is 1.20 bits per heavy atom. The zero-order valence-electron chi connectivity index (χ0n) is 7.43. The van der Waals surface area contributed by atoms with Crippen molar-refractivity contribution < 1.29 is 5.11 Å². The van der Waals surface area contributed by atoms with Crippen LogP contribution in [0.15, 0.2) is 0 Å². The lowest BCUT2D eigenvalue weighted by Gasteiger charge is -2.13. The van der Waals surface area contributed by atoms with Gasteiger partial charge in [0.2, 0.25) is 0 Å². The van der Waals surface area contributed by atoms with Gasteiger partial charge in [-0.05, 0) is 12.3 Å². The number of aliphatic hydroxyl groups is 1. The molecule has 0 aromatic carbocycles. The number of rotatable bonds is 5. The zero-order valence-corrected chi connectivity index (χ0v) is 7.43. The molecule has 0 aliphatic heterocycles. The van der Waals surface area contributed by atoms with E-state index in [9.17, 15) is 5.11 Å². The van der Waals surface area contributed by atoms with E-state index in [1.807, 2.05) is 0 Å². The van der Waals surface area contributed by atoms with E-state index in [1.165, 1.54) is 19.3 Å². The summed E-state index contributed by atoms with van der Waals surface area (Å²) in [6.45, 7) is 6.31. The number of aliphatic hydroxyl groups excluding tert-OH is 1. The van der Waals surface area contributed by atoms with E-state index >= 15 is 0 Å². The Bertz CT molecular complexity index is 69.1. The molecule has 0 unspecified atom stereocenters. The smallest absolute Gasteiger partial charge is 0.0563 e. The fraction of sp³-hybridized carbons (Fsp3) is 1.00. The predicted molar refractivity (Wildman–Crippen MR) is 45.0 cm³/mol. The number of hydrogen-bond acceptors (Lipinski definition) is 1. The Labute approximate surface area is 64.5 Å². The number of unbranched alkanes of at least 4 members (excludes halogenated alkanes) is 2. The summed E-state index contributed by atoms with van der Waals surface area (Å²) in [4.78, 5) is 0. The molecular weight excluding hydrogens is 124 g/mol. The second kappa shape index (κ2) is 5.72. The molecule has 0 fully saturated rings. The second-order valence-electron chi connectivity index (χ2n) is 3.31. The van der Waals surface area contributed by atoms with E-state index in [2.05, 4.69) is 20.8 Å². The molecule has 0 aliphatic carbocycles. The van der Waals surface area contributed by atoms with Crippen molar-refractivity contribution in [1.29, 1.82) is 0 Å². The highest BCUT2D eigenvalue weighted by atomic mass is 16.3. The van der Waals surface area contributed by atoms with Crippen molar-refractivity contribution in [2.45, 2.75) is 52.6 Å². The van der Waals surface area contributed by atoms with E-state index < -0.39 is 0 Å². The monoisotopic (exact) mass is 144 g/mol. The molecule has 62 valence electrons. The molecule has 0 amide bonds. The van der Waals surface area contributed by atoms with Crippen molar-refractivity contribution in [3.63, 3.8) is 0 Å². The average Bonchev–Trinajstić information content (AvgIpc) is 1.88. The Morgan fingerprint density at radius 3 is 2.20 bits per heavy atom. The van der Waals surface area contributed by atoms with Gasteiger partial charge in [0.1, 0.15) is 0 Å². The fourth-order valence-corrected chi connectivity index (χ4v) is 0.937. The van der Waals surface area contributed by atoms with Crippen LogP contribution in [0.3, 0.4) is 0 Å². The third-order valence-corrected chi connectivity index (χ3v) is 1.87. The van der Waals surface area contributed by atoms with Crippen LogP contribution in [0.4, 0.5) is 0 Å². The van der Waals surface area contributed by atoms with Crippen LogP contribution >= 0.6 is 0 Å².